The normalized spacial score (nSPS) is 13.0. The summed E-state index contributed by atoms with van der Waals surface area (Å²) in [5.41, 5.74) is 2.41. The molecule has 19 heavy (non-hydrogen) atoms. The molecule has 0 aliphatic heterocycles. The Morgan fingerprint density at radius 1 is 1.11 bits per heavy atom. The summed E-state index contributed by atoms with van der Waals surface area (Å²) in [5, 5.41) is 13.3. The Labute approximate surface area is 117 Å². The van der Waals surface area contributed by atoms with Gasteiger partial charge in [0, 0.05) is 18.8 Å². The lowest BCUT2D eigenvalue weighted by Gasteiger charge is -2.22. The van der Waals surface area contributed by atoms with E-state index in [1.54, 1.807) is 0 Å². The second kappa shape index (κ2) is 8.18. The van der Waals surface area contributed by atoms with E-state index in [0.717, 1.165) is 25.3 Å². The Morgan fingerprint density at radius 3 is 2.16 bits per heavy atom. The third-order valence-electron chi connectivity index (χ3n) is 3.48. The molecule has 1 atom stereocenters. The molecule has 0 saturated carbocycles. The number of nitrogens with zero attached hydrogens (tertiary/aromatic N) is 1. The number of benzene rings is 1. The SMILES string of the molecule is CCN(CC)CC(O)CNc1ccc(C(C)C)cc1. The zero-order valence-electron chi connectivity index (χ0n) is 12.7. The van der Waals surface area contributed by atoms with E-state index in [0.29, 0.717) is 12.5 Å². The molecule has 0 aliphatic carbocycles. The highest BCUT2D eigenvalue weighted by atomic mass is 16.3. The van der Waals surface area contributed by atoms with Crippen molar-refractivity contribution in [3.8, 4) is 0 Å². The Morgan fingerprint density at radius 2 is 1.68 bits per heavy atom. The standard InChI is InChI=1S/C16H28N2O/c1-5-18(6-2)12-16(19)11-17-15-9-7-14(8-10-15)13(3)4/h7-10,13,16-17,19H,5-6,11-12H2,1-4H3. The lowest BCUT2D eigenvalue weighted by molar-refractivity contribution is 0.128. The molecule has 1 aromatic rings. The van der Waals surface area contributed by atoms with Crippen LogP contribution in [0.15, 0.2) is 24.3 Å². The second-order valence-electron chi connectivity index (χ2n) is 5.30. The van der Waals surface area contributed by atoms with Crippen molar-refractivity contribution in [2.75, 3.05) is 31.5 Å². The molecule has 3 heteroatoms. The van der Waals surface area contributed by atoms with Gasteiger partial charge in [0.2, 0.25) is 0 Å². The predicted molar refractivity (Wildman–Crippen MR) is 82.8 cm³/mol. The van der Waals surface area contributed by atoms with E-state index < -0.39 is 0 Å². The third-order valence-corrected chi connectivity index (χ3v) is 3.48. The fourth-order valence-electron chi connectivity index (χ4n) is 2.07. The van der Waals surface area contributed by atoms with Gasteiger partial charge in [-0.2, -0.15) is 0 Å². The van der Waals surface area contributed by atoms with Gasteiger partial charge in [0.05, 0.1) is 6.10 Å². The number of rotatable bonds is 8. The summed E-state index contributed by atoms with van der Waals surface area (Å²) < 4.78 is 0. The number of nitrogens with one attached hydrogen (secondary N) is 1. The number of aliphatic hydroxyl groups excluding tert-OH is 1. The molecule has 108 valence electrons. The Balaban J connectivity index is 2.39. The van der Waals surface area contributed by atoms with Crippen molar-refractivity contribution in [3.63, 3.8) is 0 Å². The number of hydrogen-bond donors (Lipinski definition) is 2. The van der Waals surface area contributed by atoms with Crippen LogP contribution in [0.1, 0.15) is 39.2 Å². The van der Waals surface area contributed by atoms with Crippen molar-refractivity contribution in [1.29, 1.82) is 0 Å². The lowest BCUT2D eigenvalue weighted by atomic mass is 10.0. The second-order valence-corrected chi connectivity index (χ2v) is 5.30. The topological polar surface area (TPSA) is 35.5 Å². The van der Waals surface area contributed by atoms with E-state index in [-0.39, 0.29) is 6.10 Å². The van der Waals surface area contributed by atoms with E-state index in [2.05, 4.69) is 62.2 Å². The van der Waals surface area contributed by atoms with Gasteiger partial charge in [0.1, 0.15) is 0 Å². The number of aliphatic hydroxyl groups is 1. The molecule has 1 aromatic carbocycles. The van der Waals surface area contributed by atoms with Crippen molar-refractivity contribution in [2.45, 2.75) is 39.7 Å². The highest BCUT2D eigenvalue weighted by Crippen LogP contribution is 2.17. The fraction of sp³-hybridized carbons (Fsp3) is 0.625. The molecule has 0 heterocycles. The molecule has 0 bridgehead atoms. The molecular weight excluding hydrogens is 236 g/mol. The van der Waals surface area contributed by atoms with Crippen LogP contribution in [0.25, 0.3) is 0 Å². The highest BCUT2D eigenvalue weighted by Gasteiger charge is 2.08. The average Bonchev–Trinajstić information content (AvgIpc) is 2.43. The summed E-state index contributed by atoms with van der Waals surface area (Å²) in [6.45, 7) is 11.9. The first-order valence-electron chi connectivity index (χ1n) is 7.31. The van der Waals surface area contributed by atoms with Crippen molar-refractivity contribution in [1.82, 2.24) is 4.90 Å². The molecule has 3 nitrogen and oxygen atoms in total. The summed E-state index contributed by atoms with van der Waals surface area (Å²) >= 11 is 0. The van der Waals surface area contributed by atoms with Crippen LogP contribution in [0.2, 0.25) is 0 Å². The van der Waals surface area contributed by atoms with Gasteiger partial charge in [-0.15, -0.1) is 0 Å². The molecule has 0 fully saturated rings. The summed E-state index contributed by atoms with van der Waals surface area (Å²) in [6, 6.07) is 8.45. The smallest absolute Gasteiger partial charge is 0.0839 e. The van der Waals surface area contributed by atoms with Crippen molar-refractivity contribution in [2.24, 2.45) is 0 Å². The van der Waals surface area contributed by atoms with Gasteiger partial charge < -0.3 is 15.3 Å². The van der Waals surface area contributed by atoms with Crippen LogP contribution in [-0.4, -0.2) is 42.3 Å². The summed E-state index contributed by atoms with van der Waals surface area (Å²) in [6.07, 6.45) is -0.329. The Kier molecular flexibility index (Phi) is 6.89. The zero-order chi connectivity index (χ0) is 14.3. The summed E-state index contributed by atoms with van der Waals surface area (Å²) in [5.74, 6) is 0.558. The van der Waals surface area contributed by atoms with Crippen molar-refractivity contribution in [3.05, 3.63) is 29.8 Å². The minimum absolute atomic E-state index is 0.329. The Hall–Kier alpha value is -1.06. The molecule has 1 unspecified atom stereocenters. The summed E-state index contributed by atoms with van der Waals surface area (Å²) in [4.78, 5) is 2.23. The maximum atomic E-state index is 9.98. The molecule has 0 spiro atoms. The van der Waals surface area contributed by atoms with E-state index >= 15 is 0 Å². The fourth-order valence-corrected chi connectivity index (χ4v) is 2.07. The van der Waals surface area contributed by atoms with Gasteiger partial charge in [-0.05, 0) is 36.7 Å². The molecule has 2 N–H and O–H groups in total. The van der Waals surface area contributed by atoms with Gasteiger partial charge in [0.25, 0.3) is 0 Å². The molecule has 0 saturated heterocycles. The number of likely N-dealkylation sites (N-methyl/N-ethyl adjacent to an activating group) is 1. The third kappa shape index (κ3) is 5.62. The van der Waals surface area contributed by atoms with Gasteiger partial charge in [-0.1, -0.05) is 39.8 Å². The minimum atomic E-state index is -0.329. The van der Waals surface area contributed by atoms with Gasteiger partial charge >= 0.3 is 0 Å². The molecule has 1 rings (SSSR count). The van der Waals surface area contributed by atoms with Crippen LogP contribution in [0, 0.1) is 0 Å². The van der Waals surface area contributed by atoms with Crippen LogP contribution in [0.5, 0.6) is 0 Å². The first-order valence-corrected chi connectivity index (χ1v) is 7.31. The maximum absolute atomic E-state index is 9.98. The quantitative estimate of drug-likeness (QED) is 0.758. The predicted octanol–water partition coefficient (Wildman–Crippen LogP) is 2.92. The van der Waals surface area contributed by atoms with Crippen molar-refractivity contribution >= 4 is 5.69 Å². The molecule has 0 radical (unpaired) electrons. The highest BCUT2D eigenvalue weighted by molar-refractivity contribution is 5.45. The van der Waals surface area contributed by atoms with Crippen LogP contribution in [0.4, 0.5) is 5.69 Å². The first-order chi connectivity index (χ1) is 9.06. The molecular formula is C16H28N2O. The lowest BCUT2D eigenvalue weighted by Crippen LogP contribution is -2.35. The first kappa shape index (κ1) is 16.0. The minimum Gasteiger partial charge on any atom is -0.390 e. The zero-order valence-corrected chi connectivity index (χ0v) is 12.7. The van der Waals surface area contributed by atoms with Gasteiger partial charge in [0.15, 0.2) is 0 Å². The number of hydrogen-bond acceptors (Lipinski definition) is 3. The van der Waals surface area contributed by atoms with E-state index in [1.165, 1.54) is 5.56 Å². The van der Waals surface area contributed by atoms with Gasteiger partial charge in [-0.3, -0.25) is 0 Å². The largest absolute Gasteiger partial charge is 0.390 e. The van der Waals surface area contributed by atoms with Crippen LogP contribution in [-0.2, 0) is 0 Å². The molecule has 0 aromatic heterocycles. The van der Waals surface area contributed by atoms with E-state index in [9.17, 15) is 5.11 Å². The van der Waals surface area contributed by atoms with Gasteiger partial charge in [-0.25, -0.2) is 0 Å². The molecule has 0 aliphatic rings. The van der Waals surface area contributed by atoms with Crippen LogP contribution >= 0.6 is 0 Å². The number of anilines is 1. The maximum Gasteiger partial charge on any atom is 0.0839 e. The van der Waals surface area contributed by atoms with Crippen LogP contribution < -0.4 is 5.32 Å². The van der Waals surface area contributed by atoms with E-state index in [4.69, 9.17) is 0 Å². The monoisotopic (exact) mass is 264 g/mol. The van der Waals surface area contributed by atoms with Crippen LogP contribution in [0.3, 0.4) is 0 Å². The Bertz CT molecular complexity index is 344. The summed E-state index contributed by atoms with van der Waals surface area (Å²) in [7, 11) is 0. The average molecular weight is 264 g/mol. The van der Waals surface area contributed by atoms with Crippen molar-refractivity contribution < 1.29 is 5.11 Å². The van der Waals surface area contributed by atoms with E-state index in [1.807, 2.05) is 0 Å². The molecule has 0 amide bonds.